The second-order valence-electron chi connectivity index (χ2n) is 3.92. The van der Waals surface area contributed by atoms with Crippen LogP contribution in [0.1, 0.15) is 18.4 Å². The van der Waals surface area contributed by atoms with Crippen LogP contribution >= 0.6 is 11.6 Å². The van der Waals surface area contributed by atoms with Crippen LogP contribution in [0.25, 0.3) is 0 Å². The number of ether oxygens (including phenoxy) is 1. The fraction of sp³-hybridized carbons (Fsp3) is 0.500. The van der Waals surface area contributed by atoms with E-state index in [0.29, 0.717) is 0 Å². The molecule has 2 unspecified atom stereocenters. The summed E-state index contributed by atoms with van der Waals surface area (Å²) in [6, 6.07) is 8.12. The van der Waals surface area contributed by atoms with Crippen molar-refractivity contribution >= 4 is 11.6 Å². The lowest BCUT2D eigenvalue weighted by molar-refractivity contribution is 0.154. The second-order valence-corrected chi connectivity index (χ2v) is 4.42. The molecule has 0 amide bonds. The van der Waals surface area contributed by atoms with E-state index in [2.05, 4.69) is 24.4 Å². The minimum atomic E-state index is -0.0748. The summed E-state index contributed by atoms with van der Waals surface area (Å²) in [4.78, 5) is 0. The fourth-order valence-corrected chi connectivity index (χ4v) is 1.98. The summed E-state index contributed by atoms with van der Waals surface area (Å²) in [5, 5.41) is 4.22. The third kappa shape index (κ3) is 3.11. The quantitative estimate of drug-likeness (QED) is 0.560. The average Bonchev–Trinajstić information content (AvgIpc) is 2.22. The molecule has 0 spiro atoms. The summed E-state index contributed by atoms with van der Waals surface area (Å²) in [5.41, 5.74) is 1.17. The van der Waals surface area contributed by atoms with Crippen molar-refractivity contribution in [1.29, 1.82) is 0 Å². The molecule has 15 heavy (non-hydrogen) atoms. The standard InChI is InChI=1S/C12H15ClNO/c1-9-2-4-10(5-3-9)15-11-6-7-14-12(13)8-11/h2-5,11-12H,6-8H2,1H3. The van der Waals surface area contributed by atoms with Gasteiger partial charge in [-0.1, -0.05) is 17.7 Å². The largest absolute Gasteiger partial charge is 0.490 e. The molecule has 2 nitrogen and oxygen atoms in total. The molecule has 3 heteroatoms. The Labute approximate surface area is 95.6 Å². The number of piperidine rings is 1. The Morgan fingerprint density at radius 2 is 2.07 bits per heavy atom. The molecule has 1 aliphatic heterocycles. The van der Waals surface area contributed by atoms with E-state index < -0.39 is 0 Å². The van der Waals surface area contributed by atoms with Crippen molar-refractivity contribution in [2.45, 2.75) is 31.4 Å². The third-order valence-electron chi connectivity index (χ3n) is 2.56. The van der Waals surface area contributed by atoms with Gasteiger partial charge in [-0.05, 0) is 25.5 Å². The maximum absolute atomic E-state index is 5.96. The molecule has 1 aromatic carbocycles. The molecule has 1 saturated heterocycles. The Morgan fingerprint density at radius 3 is 2.73 bits per heavy atom. The second kappa shape index (κ2) is 4.86. The number of benzene rings is 1. The van der Waals surface area contributed by atoms with Gasteiger partial charge in [0, 0.05) is 13.0 Å². The summed E-state index contributed by atoms with van der Waals surface area (Å²) >= 11 is 5.96. The SMILES string of the molecule is Cc1ccc(OC2CC[N]C(Cl)C2)cc1. The number of rotatable bonds is 2. The van der Waals surface area contributed by atoms with Gasteiger partial charge in [0.15, 0.2) is 0 Å². The highest BCUT2D eigenvalue weighted by atomic mass is 35.5. The number of nitrogens with zero attached hydrogens (tertiary/aromatic N) is 1. The van der Waals surface area contributed by atoms with E-state index >= 15 is 0 Å². The van der Waals surface area contributed by atoms with Crippen LogP contribution in [-0.4, -0.2) is 18.1 Å². The van der Waals surface area contributed by atoms with E-state index in [0.717, 1.165) is 25.1 Å². The van der Waals surface area contributed by atoms with Crippen LogP contribution in [0.3, 0.4) is 0 Å². The molecule has 81 valence electrons. The van der Waals surface area contributed by atoms with Crippen LogP contribution < -0.4 is 10.1 Å². The monoisotopic (exact) mass is 224 g/mol. The molecule has 1 radical (unpaired) electrons. The van der Waals surface area contributed by atoms with Gasteiger partial charge in [0.05, 0.1) is 0 Å². The van der Waals surface area contributed by atoms with Gasteiger partial charge in [0.25, 0.3) is 0 Å². The predicted molar refractivity (Wildman–Crippen MR) is 61.5 cm³/mol. The predicted octanol–water partition coefficient (Wildman–Crippen LogP) is 2.71. The number of halogens is 1. The van der Waals surface area contributed by atoms with E-state index in [1.165, 1.54) is 5.56 Å². The molecule has 0 aliphatic carbocycles. The highest BCUT2D eigenvalue weighted by molar-refractivity contribution is 6.20. The molecule has 0 bridgehead atoms. The van der Waals surface area contributed by atoms with Crippen molar-refractivity contribution in [2.24, 2.45) is 0 Å². The Balaban J connectivity index is 1.93. The molecule has 1 heterocycles. The molecular weight excluding hydrogens is 210 g/mol. The van der Waals surface area contributed by atoms with E-state index in [1.807, 2.05) is 12.1 Å². The lowest BCUT2D eigenvalue weighted by Crippen LogP contribution is -2.34. The molecule has 0 saturated carbocycles. The molecule has 1 aromatic rings. The number of aryl methyl sites for hydroxylation is 1. The minimum absolute atomic E-state index is 0.0748. The van der Waals surface area contributed by atoms with Crippen molar-refractivity contribution in [2.75, 3.05) is 6.54 Å². The molecule has 1 fully saturated rings. The van der Waals surface area contributed by atoms with Gasteiger partial charge in [-0.3, -0.25) is 0 Å². The van der Waals surface area contributed by atoms with Gasteiger partial charge in [-0.15, -0.1) is 11.6 Å². The topological polar surface area (TPSA) is 23.3 Å². The van der Waals surface area contributed by atoms with Gasteiger partial charge in [-0.25, -0.2) is 5.32 Å². The van der Waals surface area contributed by atoms with Crippen molar-refractivity contribution in [3.05, 3.63) is 29.8 Å². The maximum Gasteiger partial charge on any atom is 0.119 e. The van der Waals surface area contributed by atoms with E-state index in [-0.39, 0.29) is 11.6 Å². The lowest BCUT2D eigenvalue weighted by atomic mass is 10.1. The zero-order valence-corrected chi connectivity index (χ0v) is 9.57. The Hall–Kier alpha value is -0.730. The van der Waals surface area contributed by atoms with Crippen LogP contribution in [0.5, 0.6) is 5.75 Å². The Kier molecular flexibility index (Phi) is 3.49. The van der Waals surface area contributed by atoms with Crippen LogP contribution in [-0.2, 0) is 0 Å². The van der Waals surface area contributed by atoms with Crippen LogP contribution in [0.15, 0.2) is 24.3 Å². The van der Waals surface area contributed by atoms with Crippen molar-refractivity contribution in [3.8, 4) is 5.75 Å². The number of alkyl halides is 1. The van der Waals surface area contributed by atoms with Crippen LogP contribution in [0.4, 0.5) is 0 Å². The Bertz CT molecular complexity index is 312. The average molecular weight is 225 g/mol. The highest BCUT2D eigenvalue weighted by Crippen LogP contribution is 2.20. The number of hydrogen-bond donors (Lipinski definition) is 0. The smallest absolute Gasteiger partial charge is 0.119 e. The third-order valence-corrected chi connectivity index (χ3v) is 2.88. The van der Waals surface area contributed by atoms with E-state index in [9.17, 15) is 0 Å². The molecule has 1 aliphatic rings. The first-order valence-electron chi connectivity index (χ1n) is 5.28. The molecule has 0 aromatic heterocycles. The van der Waals surface area contributed by atoms with Gasteiger partial charge in [0.2, 0.25) is 0 Å². The van der Waals surface area contributed by atoms with Crippen molar-refractivity contribution in [3.63, 3.8) is 0 Å². The molecule has 0 N–H and O–H groups in total. The van der Waals surface area contributed by atoms with Gasteiger partial charge in [0.1, 0.15) is 17.4 Å². The van der Waals surface area contributed by atoms with Crippen LogP contribution in [0, 0.1) is 6.92 Å². The maximum atomic E-state index is 5.96. The molecular formula is C12H15ClNO. The molecule has 2 atom stereocenters. The summed E-state index contributed by atoms with van der Waals surface area (Å²) in [6.07, 6.45) is 2.00. The van der Waals surface area contributed by atoms with Gasteiger partial charge < -0.3 is 4.74 Å². The fourth-order valence-electron chi connectivity index (χ4n) is 1.68. The first-order valence-corrected chi connectivity index (χ1v) is 5.72. The molecule has 2 rings (SSSR count). The van der Waals surface area contributed by atoms with Gasteiger partial charge in [-0.2, -0.15) is 0 Å². The van der Waals surface area contributed by atoms with Crippen LogP contribution in [0.2, 0.25) is 0 Å². The highest BCUT2D eigenvalue weighted by Gasteiger charge is 2.21. The zero-order valence-electron chi connectivity index (χ0n) is 8.82. The summed E-state index contributed by atoms with van der Waals surface area (Å²) in [7, 11) is 0. The minimum Gasteiger partial charge on any atom is -0.490 e. The number of hydrogen-bond acceptors (Lipinski definition) is 1. The normalized spacial score (nSPS) is 26.3. The van der Waals surface area contributed by atoms with E-state index in [1.54, 1.807) is 0 Å². The Morgan fingerprint density at radius 1 is 1.33 bits per heavy atom. The van der Waals surface area contributed by atoms with Crippen molar-refractivity contribution < 1.29 is 4.74 Å². The summed E-state index contributed by atoms with van der Waals surface area (Å²) < 4.78 is 5.84. The first kappa shape index (κ1) is 10.8. The summed E-state index contributed by atoms with van der Waals surface area (Å²) in [5.74, 6) is 0.927. The lowest BCUT2D eigenvalue weighted by Gasteiger charge is -2.26. The zero-order chi connectivity index (χ0) is 10.7. The van der Waals surface area contributed by atoms with Crippen molar-refractivity contribution in [1.82, 2.24) is 5.32 Å². The summed E-state index contributed by atoms with van der Waals surface area (Å²) in [6.45, 7) is 2.88. The van der Waals surface area contributed by atoms with E-state index in [4.69, 9.17) is 16.3 Å². The first-order chi connectivity index (χ1) is 7.24. The van der Waals surface area contributed by atoms with Gasteiger partial charge >= 0.3 is 0 Å².